The van der Waals surface area contributed by atoms with E-state index in [0.717, 1.165) is 38.6 Å². The minimum Gasteiger partial charge on any atom is -0.508 e. The molecule has 4 rings (SSSR count). The normalized spacial score (nSPS) is 14.8. The molecule has 4 nitrogen and oxygen atoms in total. The molecule has 0 spiro atoms. The van der Waals surface area contributed by atoms with Crippen molar-refractivity contribution in [2.45, 2.75) is 12.8 Å². The van der Waals surface area contributed by atoms with E-state index in [4.69, 9.17) is 9.47 Å². The first-order valence-corrected chi connectivity index (χ1v) is 9.81. The van der Waals surface area contributed by atoms with Crippen LogP contribution in [0.3, 0.4) is 0 Å². The standard InChI is InChI=1S/C21H23NO3S/c1-24-17-7-4-15(5-8-17)21-20(25-13-12-22-10-2-3-11-22)18-9-6-16(23)14-19(18)26-21/h4-9,14,23H,2-3,10-13H2,1H3. The Morgan fingerprint density at radius 3 is 2.58 bits per heavy atom. The number of phenols is 1. The van der Waals surface area contributed by atoms with Gasteiger partial charge in [-0.25, -0.2) is 0 Å². The van der Waals surface area contributed by atoms with Crippen molar-refractivity contribution in [3.8, 4) is 27.7 Å². The number of likely N-dealkylation sites (tertiary alicyclic amines) is 1. The van der Waals surface area contributed by atoms with Crippen molar-refractivity contribution in [2.75, 3.05) is 33.4 Å². The maximum Gasteiger partial charge on any atom is 0.145 e. The van der Waals surface area contributed by atoms with E-state index in [0.29, 0.717) is 6.61 Å². The van der Waals surface area contributed by atoms with E-state index >= 15 is 0 Å². The van der Waals surface area contributed by atoms with Crippen LogP contribution >= 0.6 is 11.3 Å². The van der Waals surface area contributed by atoms with E-state index in [-0.39, 0.29) is 5.75 Å². The van der Waals surface area contributed by atoms with Crippen molar-refractivity contribution in [2.24, 2.45) is 0 Å². The van der Waals surface area contributed by atoms with Gasteiger partial charge in [-0.15, -0.1) is 11.3 Å². The molecule has 3 aromatic rings. The van der Waals surface area contributed by atoms with E-state index in [9.17, 15) is 5.11 Å². The Kier molecular flexibility index (Phi) is 5.00. The molecule has 26 heavy (non-hydrogen) atoms. The fourth-order valence-corrected chi connectivity index (χ4v) is 4.61. The highest BCUT2D eigenvalue weighted by Gasteiger charge is 2.17. The SMILES string of the molecule is COc1ccc(-c2sc3cc(O)ccc3c2OCCN2CCCC2)cc1. The van der Waals surface area contributed by atoms with Crippen LogP contribution in [0.5, 0.6) is 17.2 Å². The van der Waals surface area contributed by atoms with Gasteiger partial charge in [0.05, 0.1) is 12.0 Å². The number of aromatic hydroxyl groups is 1. The van der Waals surface area contributed by atoms with E-state index < -0.39 is 0 Å². The number of methoxy groups -OCH3 is 1. The predicted molar refractivity (Wildman–Crippen MR) is 107 cm³/mol. The molecular formula is C21H23NO3S. The Bertz CT molecular complexity index is 882. The van der Waals surface area contributed by atoms with Gasteiger partial charge in [0.25, 0.3) is 0 Å². The van der Waals surface area contributed by atoms with Crippen molar-refractivity contribution < 1.29 is 14.6 Å². The van der Waals surface area contributed by atoms with Crippen molar-refractivity contribution in [1.82, 2.24) is 4.90 Å². The van der Waals surface area contributed by atoms with Gasteiger partial charge in [0.2, 0.25) is 0 Å². The van der Waals surface area contributed by atoms with Gasteiger partial charge in [-0.05, 0) is 74.0 Å². The number of hydrogen-bond acceptors (Lipinski definition) is 5. The zero-order valence-electron chi connectivity index (χ0n) is 14.9. The summed E-state index contributed by atoms with van der Waals surface area (Å²) >= 11 is 1.65. The summed E-state index contributed by atoms with van der Waals surface area (Å²) < 4.78 is 12.6. The summed E-state index contributed by atoms with van der Waals surface area (Å²) in [5.41, 5.74) is 1.10. The first-order chi connectivity index (χ1) is 12.7. The summed E-state index contributed by atoms with van der Waals surface area (Å²) in [6.07, 6.45) is 2.58. The third-order valence-electron chi connectivity index (χ3n) is 4.83. The number of rotatable bonds is 6. The fraction of sp³-hybridized carbons (Fsp3) is 0.333. The molecule has 1 aliphatic heterocycles. The number of hydrogen-bond donors (Lipinski definition) is 1. The van der Waals surface area contributed by atoms with Crippen molar-refractivity contribution in [3.63, 3.8) is 0 Å². The van der Waals surface area contributed by atoms with Crippen LogP contribution in [0, 0.1) is 0 Å². The monoisotopic (exact) mass is 369 g/mol. The highest BCUT2D eigenvalue weighted by atomic mass is 32.1. The van der Waals surface area contributed by atoms with Gasteiger partial charge in [0.15, 0.2) is 0 Å². The van der Waals surface area contributed by atoms with Crippen LogP contribution in [0.15, 0.2) is 42.5 Å². The minimum atomic E-state index is 0.281. The molecule has 2 heterocycles. The number of ether oxygens (including phenoxy) is 2. The number of phenolic OH excluding ortho intramolecular Hbond substituents is 1. The third kappa shape index (κ3) is 3.50. The Labute approximate surface area is 157 Å². The first-order valence-electron chi connectivity index (χ1n) is 9.00. The van der Waals surface area contributed by atoms with Crippen molar-refractivity contribution >= 4 is 21.4 Å². The van der Waals surface area contributed by atoms with Crippen molar-refractivity contribution in [3.05, 3.63) is 42.5 Å². The lowest BCUT2D eigenvalue weighted by atomic mass is 10.1. The number of fused-ring (bicyclic) bond motifs is 1. The van der Waals surface area contributed by atoms with Gasteiger partial charge in [-0.2, -0.15) is 0 Å². The zero-order valence-corrected chi connectivity index (χ0v) is 15.7. The van der Waals surface area contributed by atoms with E-state index in [2.05, 4.69) is 17.0 Å². The van der Waals surface area contributed by atoms with Crippen LogP contribution in [0.1, 0.15) is 12.8 Å². The predicted octanol–water partition coefficient (Wildman–Crippen LogP) is 4.76. The molecule has 2 aromatic carbocycles. The first kappa shape index (κ1) is 17.2. The zero-order chi connectivity index (χ0) is 17.9. The molecule has 0 unspecified atom stereocenters. The molecule has 136 valence electrons. The lowest BCUT2D eigenvalue weighted by molar-refractivity contribution is 0.240. The topological polar surface area (TPSA) is 41.9 Å². The minimum absolute atomic E-state index is 0.281. The second kappa shape index (κ2) is 7.56. The summed E-state index contributed by atoms with van der Waals surface area (Å²) in [4.78, 5) is 3.54. The Balaban J connectivity index is 1.65. The molecule has 5 heteroatoms. The Morgan fingerprint density at radius 2 is 1.85 bits per heavy atom. The molecule has 0 bridgehead atoms. The Hall–Kier alpha value is -2.24. The van der Waals surface area contributed by atoms with Gasteiger partial charge in [-0.3, -0.25) is 4.90 Å². The highest BCUT2D eigenvalue weighted by Crippen LogP contribution is 2.45. The van der Waals surface area contributed by atoms with Gasteiger partial charge >= 0.3 is 0 Å². The largest absolute Gasteiger partial charge is 0.508 e. The molecule has 0 radical (unpaired) electrons. The molecule has 0 aliphatic carbocycles. The molecule has 1 aromatic heterocycles. The van der Waals surface area contributed by atoms with Gasteiger partial charge in [0, 0.05) is 16.6 Å². The maximum atomic E-state index is 9.83. The van der Waals surface area contributed by atoms with Crippen LogP contribution in [-0.4, -0.2) is 43.4 Å². The quantitative estimate of drug-likeness (QED) is 0.680. The lowest BCUT2D eigenvalue weighted by Gasteiger charge is -2.15. The molecule has 0 amide bonds. The molecule has 0 saturated carbocycles. The van der Waals surface area contributed by atoms with Gasteiger partial charge in [-0.1, -0.05) is 0 Å². The Morgan fingerprint density at radius 1 is 1.08 bits per heavy atom. The fourth-order valence-electron chi connectivity index (χ4n) is 3.42. The lowest BCUT2D eigenvalue weighted by Crippen LogP contribution is -2.25. The highest BCUT2D eigenvalue weighted by molar-refractivity contribution is 7.22. The molecule has 1 saturated heterocycles. The molecule has 1 N–H and O–H groups in total. The third-order valence-corrected chi connectivity index (χ3v) is 6.02. The smallest absolute Gasteiger partial charge is 0.145 e. The van der Waals surface area contributed by atoms with Gasteiger partial charge < -0.3 is 14.6 Å². The average molecular weight is 369 g/mol. The summed E-state index contributed by atoms with van der Waals surface area (Å²) in [5.74, 6) is 2.03. The van der Waals surface area contributed by atoms with Crippen LogP contribution in [0.25, 0.3) is 20.5 Å². The van der Waals surface area contributed by atoms with E-state index in [1.54, 1.807) is 30.6 Å². The van der Waals surface area contributed by atoms with Crippen LogP contribution in [-0.2, 0) is 0 Å². The molecular weight excluding hydrogens is 346 g/mol. The van der Waals surface area contributed by atoms with Crippen LogP contribution < -0.4 is 9.47 Å². The second-order valence-electron chi connectivity index (χ2n) is 6.57. The number of thiophene rings is 1. The number of nitrogens with zero attached hydrogens (tertiary/aromatic N) is 1. The summed E-state index contributed by atoms with van der Waals surface area (Å²) in [6, 6.07) is 13.5. The molecule has 0 atom stereocenters. The summed E-state index contributed by atoms with van der Waals surface area (Å²) in [6.45, 7) is 3.98. The number of benzene rings is 2. The maximum absolute atomic E-state index is 9.83. The molecule has 1 fully saturated rings. The summed E-state index contributed by atoms with van der Waals surface area (Å²) in [5, 5.41) is 10.9. The summed E-state index contributed by atoms with van der Waals surface area (Å²) in [7, 11) is 1.67. The van der Waals surface area contributed by atoms with E-state index in [1.165, 1.54) is 25.9 Å². The second-order valence-corrected chi connectivity index (χ2v) is 7.62. The van der Waals surface area contributed by atoms with E-state index in [1.807, 2.05) is 18.2 Å². The van der Waals surface area contributed by atoms with Crippen LogP contribution in [0.4, 0.5) is 0 Å². The average Bonchev–Trinajstić information content (AvgIpc) is 3.30. The van der Waals surface area contributed by atoms with Crippen LogP contribution in [0.2, 0.25) is 0 Å². The van der Waals surface area contributed by atoms with Crippen molar-refractivity contribution in [1.29, 1.82) is 0 Å². The molecule has 1 aliphatic rings. The van der Waals surface area contributed by atoms with Gasteiger partial charge in [0.1, 0.15) is 23.9 Å².